The Balaban J connectivity index is 2.13. The van der Waals surface area contributed by atoms with Crippen molar-refractivity contribution in [2.45, 2.75) is 13.3 Å². The lowest BCUT2D eigenvalue weighted by Gasteiger charge is -2.12. The maximum absolute atomic E-state index is 11.7. The van der Waals surface area contributed by atoms with E-state index < -0.39 is 11.9 Å². The highest BCUT2D eigenvalue weighted by Crippen LogP contribution is 2.33. The van der Waals surface area contributed by atoms with E-state index in [1.54, 1.807) is 13.2 Å². The highest BCUT2D eigenvalue weighted by molar-refractivity contribution is 14.1. The van der Waals surface area contributed by atoms with Crippen LogP contribution in [0.3, 0.4) is 0 Å². The first-order valence-electron chi connectivity index (χ1n) is 7.88. The molecule has 1 aliphatic heterocycles. The molecule has 0 bridgehead atoms. The largest absolute Gasteiger partial charge is 0.493 e. The van der Waals surface area contributed by atoms with Gasteiger partial charge in [0.15, 0.2) is 16.7 Å². The van der Waals surface area contributed by atoms with Gasteiger partial charge in [0.25, 0.3) is 5.91 Å². The molecule has 1 saturated heterocycles. The van der Waals surface area contributed by atoms with Crippen molar-refractivity contribution in [1.29, 1.82) is 0 Å². The van der Waals surface area contributed by atoms with Gasteiger partial charge in [0, 0.05) is 6.08 Å². The predicted molar refractivity (Wildman–Crippen MR) is 112 cm³/mol. The third-order valence-electron chi connectivity index (χ3n) is 3.16. The number of carbonyl (C=O) groups is 2. The molecule has 0 aliphatic carbocycles. The van der Waals surface area contributed by atoms with Crippen molar-refractivity contribution >= 4 is 57.6 Å². The number of thioether (sulfide) groups is 1. The lowest BCUT2D eigenvalue weighted by molar-refractivity contribution is -0.135. The average Bonchev–Trinajstić information content (AvgIpc) is 2.99. The standard InChI is InChI=1S/C17H18IN3O5S/c1-4-5-26-15-11(18)6-10(7-12(15)24-2)9-19-21-17-20-16(23)13(27-17)8-14(22)25-3/h6-9H,4-5H2,1-3H3,(H,20,21,23)/b13-8+,19-9?. The molecular formula is C17H18IN3O5S. The van der Waals surface area contributed by atoms with Crippen LogP contribution in [0.15, 0.2) is 33.3 Å². The molecule has 1 fully saturated rings. The van der Waals surface area contributed by atoms with E-state index in [1.807, 2.05) is 13.0 Å². The minimum Gasteiger partial charge on any atom is -0.493 e. The molecule has 144 valence electrons. The van der Waals surface area contributed by atoms with Gasteiger partial charge < -0.3 is 14.2 Å². The van der Waals surface area contributed by atoms with Crippen molar-refractivity contribution in [2.24, 2.45) is 10.2 Å². The van der Waals surface area contributed by atoms with Crippen LogP contribution < -0.4 is 14.8 Å². The Labute approximate surface area is 174 Å². The Morgan fingerprint density at radius 1 is 1.37 bits per heavy atom. The van der Waals surface area contributed by atoms with E-state index in [1.165, 1.54) is 13.3 Å². The summed E-state index contributed by atoms with van der Waals surface area (Å²) in [6.45, 7) is 2.64. The van der Waals surface area contributed by atoms with Crippen LogP contribution in [0.4, 0.5) is 0 Å². The number of esters is 1. The Hall–Kier alpha value is -2.08. The minimum absolute atomic E-state index is 0.199. The summed E-state index contributed by atoms with van der Waals surface area (Å²) in [7, 11) is 2.82. The molecule has 0 saturated carbocycles. The molecule has 1 aliphatic rings. The van der Waals surface area contributed by atoms with E-state index in [2.05, 4.69) is 42.8 Å². The Kier molecular flexibility index (Phi) is 8.10. The zero-order valence-corrected chi connectivity index (χ0v) is 17.9. The third kappa shape index (κ3) is 5.96. The molecular weight excluding hydrogens is 485 g/mol. The fraction of sp³-hybridized carbons (Fsp3) is 0.294. The smallest absolute Gasteiger partial charge is 0.331 e. The molecule has 0 spiro atoms. The van der Waals surface area contributed by atoms with Crippen LogP contribution in [-0.4, -0.2) is 44.1 Å². The molecule has 10 heteroatoms. The summed E-state index contributed by atoms with van der Waals surface area (Å²) in [5.74, 6) is 0.272. The van der Waals surface area contributed by atoms with Crippen LogP contribution in [0.5, 0.6) is 11.5 Å². The number of halogens is 1. The van der Waals surface area contributed by atoms with Gasteiger partial charge in [-0.1, -0.05) is 6.92 Å². The van der Waals surface area contributed by atoms with Crippen LogP contribution >= 0.6 is 34.4 Å². The van der Waals surface area contributed by atoms with E-state index in [9.17, 15) is 9.59 Å². The number of rotatable bonds is 7. The van der Waals surface area contributed by atoms with Gasteiger partial charge >= 0.3 is 5.97 Å². The van der Waals surface area contributed by atoms with Crippen molar-refractivity contribution in [3.8, 4) is 11.5 Å². The second-order valence-electron chi connectivity index (χ2n) is 5.12. The molecule has 1 amide bonds. The summed E-state index contributed by atoms with van der Waals surface area (Å²) in [4.78, 5) is 23.2. The van der Waals surface area contributed by atoms with E-state index in [0.717, 1.165) is 33.4 Å². The fourth-order valence-electron chi connectivity index (χ4n) is 1.95. The van der Waals surface area contributed by atoms with Gasteiger partial charge in [0.2, 0.25) is 0 Å². The SMILES string of the molecule is CCCOc1c(I)cc(C=N/N=C2/NC(=O)/C(=C\C(=O)OC)S2)cc1OC. The number of nitrogens with one attached hydrogen (secondary N) is 1. The summed E-state index contributed by atoms with van der Waals surface area (Å²) in [6, 6.07) is 3.68. The molecule has 0 aromatic heterocycles. The van der Waals surface area contributed by atoms with Crippen LogP contribution in [0.1, 0.15) is 18.9 Å². The maximum atomic E-state index is 11.7. The number of benzene rings is 1. The van der Waals surface area contributed by atoms with E-state index >= 15 is 0 Å². The monoisotopic (exact) mass is 503 g/mol. The Morgan fingerprint density at radius 2 is 2.15 bits per heavy atom. The van der Waals surface area contributed by atoms with E-state index in [0.29, 0.717) is 18.1 Å². The Morgan fingerprint density at radius 3 is 2.81 bits per heavy atom. The summed E-state index contributed by atoms with van der Waals surface area (Å²) in [6.07, 6.45) is 3.54. The van der Waals surface area contributed by atoms with Gasteiger partial charge in [-0.05, 0) is 58.5 Å². The second kappa shape index (κ2) is 10.3. The molecule has 0 unspecified atom stereocenters. The number of nitrogens with zero attached hydrogens (tertiary/aromatic N) is 2. The molecule has 1 N–H and O–H groups in total. The predicted octanol–water partition coefficient (Wildman–Crippen LogP) is 2.70. The first-order chi connectivity index (χ1) is 13.0. The van der Waals surface area contributed by atoms with Crippen molar-refractivity contribution < 1.29 is 23.8 Å². The highest BCUT2D eigenvalue weighted by atomic mass is 127. The summed E-state index contributed by atoms with van der Waals surface area (Å²) >= 11 is 3.18. The van der Waals surface area contributed by atoms with Gasteiger partial charge in [-0.15, -0.1) is 5.10 Å². The molecule has 2 rings (SSSR count). The zero-order valence-electron chi connectivity index (χ0n) is 14.9. The molecule has 8 nitrogen and oxygen atoms in total. The van der Waals surface area contributed by atoms with Gasteiger partial charge in [0.05, 0.1) is 35.5 Å². The van der Waals surface area contributed by atoms with Crippen molar-refractivity contribution in [2.75, 3.05) is 20.8 Å². The number of methoxy groups -OCH3 is 2. The quantitative estimate of drug-likeness (QED) is 0.202. The highest BCUT2D eigenvalue weighted by Gasteiger charge is 2.25. The third-order valence-corrected chi connectivity index (χ3v) is 4.86. The van der Waals surface area contributed by atoms with Crippen LogP contribution in [0, 0.1) is 3.57 Å². The minimum atomic E-state index is -0.607. The van der Waals surface area contributed by atoms with Gasteiger partial charge in [-0.3, -0.25) is 10.1 Å². The van der Waals surface area contributed by atoms with Gasteiger partial charge in [-0.2, -0.15) is 5.10 Å². The van der Waals surface area contributed by atoms with Gasteiger partial charge in [-0.25, -0.2) is 4.79 Å². The second-order valence-corrected chi connectivity index (χ2v) is 7.31. The Bertz CT molecular complexity index is 823. The fourth-order valence-corrected chi connectivity index (χ4v) is 3.47. The molecule has 0 radical (unpaired) electrons. The van der Waals surface area contributed by atoms with Crippen molar-refractivity contribution in [3.05, 3.63) is 32.2 Å². The summed E-state index contributed by atoms with van der Waals surface area (Å²) in [5.41, 5.74) is 0.768. The number of hydrogen-bond donors (Lipinski definition) is 1. The first kappa shape index (κ1) is 21.2. The van der Waals surface area contributed by atoms with Crippen molar-refractivity contribution in [3.63, 3.8) is 0 Å². The normalized spacial score (nSPS) is 16.8. The number of hydrogen-bond acceptors (Lipinski definition) is 8. The molecule has 27 heavy (non-hydrogen) atoms. The maximum Gasteiger partial charge on any atom is 0.331 e. The molecule has 0 atom stereocenters. The molecule has 1 heterocycles. The molecule has 1 aromatic rings. The topological polar surface area (TPSA) is 98.6 Å². The summed E-state index contributed by atoms with van der Waals surface area (Å²) in [5, 5.41) is 10.7. The number of ether oxygens (including phenoxy) is 3. The molecule has 1 aromatic carbocycles. The lowest BCUT2D eigenvalue weighted by Crippen LogP contribution is -2.19. The summed E-state index contributed by atoms with van der Waals surface area (Å²) < 4.78 is 16.5. The first-order valence-corrected chi connectivity index (χ1v) is 9.78. The van der Waals surface area contributed by atoms with Crippen LogP contribution in [0.2, 0.25) is 0 Å². The van der Waals surface area contributed by atoms with Crippen LogP contribution in [0.25, 0.3) is 0 Å². The average molecular weight is 503 g/mol. The van der Waals surface area contributed by atoms with E-state index in [4.69, 9.17) is 9.47 Å². The van der Waals surface area contributed by atoms with Gasteiger partial charge in [0.1, 0.15) is 0 Å². The number of amidine groups is 1. The van der Waals surface area contributed by atoms with E-state index in [-0.39, 0.29) is 10.1 Å². The number of amides is 1. The zero-order chi connectivity index (χ0) is 19.8. The van der Waals surface area contributed by atoms with Crippen molar-refractivity contribution in [1.82, 2.24) is 5.32 Å². The number of carbonyl (C=O) groups excluding carboxylic acids is 2. The van der Waals surface area contributed by atoms with Crippen LogP contribution in [-0.2, 0) is 14.3 Å². The lowest BCUT2D eigenvalue weighted by atomic mass is 10.2.